The highest BCUT2D eigenvalue weighted by Gasteiger charge is 2.47. The normalized spacial score (nSPS) is 19.8. The number of imide groups is 1. The molecule has 1 aliphatic carbocycles. The first kappa shape index (κ1) is 20.5. The summed E-state index contributed by atoms with van der Waals surface area (Å²) >= 11 is 0. The van der Waals surface area contributed by atoms with Gasteiger partial charge < -0.3 is 14.4 Å². The van der Waals surface area contributed by atoms with E-state index in [2.05, 4.69) is 13.8 Å². The third-order valence-electron chi connectivity index (χ3n) is 5.40. The second kappa shape index (κ2) is 8.41. The maximum atomic E-state index is 13.1. The van der Waals surface area contributed by atoms with Crippen molar-refractivity contribution < 1.29 is 23.9 Å². The van der Waals surface area contributed by atoms with E-state index in [0.717, 1.165) is 18.4 Å². The van der Waals surface area contributed by atoms with Gasteiger partial charge in [0.15, 0.2) is 6.29 Å². The number of methoxy groups -OCH3 is 2. The van der Waals surface area contributed by atoms with Crippen LogP contribution in [-0.4, -0.2) is 55.7 Å². The lowest BCUT2D eigenvalue weighted by atomic mass is 10.0. The molecule has 0 bridgehead atoms. The van der Waals surface area contributed by atoms with Crippen LogP contribution in [-0.2, 0) is 23.9 Å². The van der Waals surface area contributed by atoms with E-state index < -0.39 is 12.3 Å². The summed E-state index contributed by atoms with van der Waals surface area (Å²) in [5, 5.41) is 0. The number of ether oxygens (including phenoxy) is 2. The Morgan fingerprint density at radius 3 is 2.25 bits per heavy atom. The minimum Gasteiger partial charge on any atom is -0.354 e. The molecule has 3 amide bonds. The highest BCUT2D eigenvalue weighted by molar-refractivity contribution is 6.23. The molecule has 0 spiro atoms. The summed E-state index contributed by atoms with van der Waals surface area (Å²) in [5.41, 5.74) is 1.67. The van der Waals surface area contributed by atoms with Gasteiger partial charge in [-0.1, -0.05) is 26.0 Å². The van der Waals surface area contributed by atoms with Gasteiger partial charge >= 0.3 is 0 Å². The topological polar surface area (TPSA) is 76.2 Å². The Labute approximate surface area is 165 Å². The average molecular weight is 388 g/mol. The van der Waals surface area contributed by atoms with Crippen molar-refractivity contribution in [3.05, 3.63) is 29.8 Å². The fraction of sp³-hybridized carbons (Fsp3) is 0.571. The molecule has 0 N–H and O–H groups in total. The monoisotopic (exact) mass is 388 g/mol. The Balaban J connectivity index is 1.83. The maximum absolute atomic E-state index is 13.1. The van der Waals surface area contributed by atoms with Crippen LogP contribution in [0.25, 0.3) is 0 Å². The van der Waals surface area contributed by atoms with Gasteiger partial charge in [0.1, 0.15) is 6.04 Å². The molecule has 1 atom stereocenters. The first-order chi connectivity index (χ1) is 13.4. The van der Waals surface area contributed by atoms with E-state index in [9.17, 15) is 14.4 Å². The Morgan fingerprint density at radius 2 is 1.75 bits per heavy atom. The predicted molar refractivity (Wildman–Crippen MR) is 104 cm³/mol. The number of rotatable bonds is 8. The summed E-state index contributed by atoms with van der Waals surface area (Å²) in [5.74, 6) is -0.494. The molecule has 1 saturated heterocycles. The van der Waals surface area contributed by atoms with Gasteiger partial charge in [0, 0.05) is 20.1 Å². The zero-order valence-electron chi connectivity index (χ0n) is 16.9. The van der Waals surface area contributed by atoms with Crippen molar-refractivity contribution in [2.24, 2.45) is 5.92 Å². The average Bonchev–Trinajstić information content (AvgIpc) is 3.48. The van der Waals surface area contributed by atoms with Gasteiger partial charge in [-0.25, -0.2) is 4.90 Å². The number of carbonyl (C=O) groups is 3. The van der Waals surface area contributed by atoms with Gasteiger partial charge in [-0.3, -0.25) is 14.4 Å². The van der Waals surface area contributed by atoms with E-state index in [0.29, 0.717) is 11.6 Å². The summed E-state index contributed by atoms with van der Waals surface area (Å²) in [6.45, 7) is 4.29. The number of nitrogens with zero attached hydrogens (tertiary/aromatic N) is 2. The molecule has 1 aliphatic heterocycles. The number of amides is 3. The molecule has 1 aromatic carbocycles. The van der Waals surface area contributed by atoms with Crippen LogP contribution in [0.3, 0.4) is 0 Å². The quantitative estimate of drug-likeness (QED) is 0.505. The fourth-order valence-corrected chi connectivity index (χ4v) is 3.48. The molecule has 1 unspecified atom stereocenters. The van der Waals surface area contributed by atoms with Crippen molar-refractivity contribution in [1.29, 1.82) is 0 Å². The van der Waals surface area contributed by atoms with E-state index in [1.165, 1.54) is 24.0 Å². The van der Waals surface area contributed by atoms with Crippen LogP contribution in [0.15, 0.2) is 24.3 Å². The molecular formula is C21H28N2O5. The number of hydrogen-bond acceptors (Lipinski definition) is 5. The van der Waals surface area contributed by atoms with Crippen LogP contribution < -0.4 is 4.90 Å². The Hall–Kier alpha value is -2.25. The zero-order chi connectivity index (χ0) is 20.4. The SMILES string of the molecule is COC(CN(C(=O)C1CC1)C1CC(=O)N(c2ccc(C(C)C)cc2)C1=O)OC. The summed E-state index contributed by atoms with van der Waals surface area (Å²) in [4.78, 5) is 41.2. The largest absolute Gasteiger partial charge is 0.354 e. The lowest BCUT2D eigenvalue weighted by Crippen LogP contribution is -2.49. The van der Waals surface area contributed by atoms with E-state index in [4.69, 9.17) is 9.47 Å². The van der Waals surface area contributed by atoms with Gasteiger partial charge in [0.05, 0.1) is 18.7 Å². The standard InChI is InChI=1S/C21H28N2O5/c1-13(2)14-7-9-16(10-8-14)23-18(24)11-17(21(23)26)22(12-19(27-3)28-4)20(25)15-5-6-15/h7-10,13,15,17,19H,5-6,11-12H2,1-4H3. The highest BCUT2D eigenvalue weighted by Crippen LogP contribution is 2.34. The van der Waals surface area contributed by atoms with Crippen LogP contribution in [0, 0.1) is 5.92 Å². The van der Waals surface area contributed by atoms with Crippen molar-refractivity contribution in [3.63, 3.8) is 0 Å². The second-order valence-electron chi connectivity index (χ2n) is 7.70. The summed E-state index contributed by atoms with van der Waals surface area (Å²) in [6, 6.07) is 6.60. The van der Waals surface area contributed by atoms with E-state index in [-0.39, 0.29) is 36.6 Å². The molecular weight excluding hydrogens is 360 g/mol. The second-order valence-corrected chi connectivity index (χ2v) is 7.70. The molecule has 2 fully saturated rings. The van der Waals surface area contributed by atoms with Gasteiger partial charge in [-0.05, 0) is 36.5 Å². The first-order valence-corrected chi connectivity index (χ1v) is 9.70. The molecule has 2 aliphatic rings. The van der Waals surface area contributed by atoms with Crippen molar-refractivity contribution in [2.45, 2.75) is 51.4 Å². The number of anilines is 1. The summed E-state index contributed by atoms with van der Waals surface area (Å²) < 4.78 is 10.4. The predicted octanol–water partition coefficient (Wildman–Crippen LogP) is 2.30. The van der Waals surface area contributed by atoms with E-state index >= 15 is 0 Å². The van der Waals surface area contributed by atoms with Gasteiger partial charge in [0.2, 0.25) is 11.8 Å². The van der Waals surface area contributed by atoms with Crippen molar-refractivity contribution >= 4 is 23.4 Å². The molecule has 0 radical (unpaired) electrons. The van der Waals surface area contributed by atoms with E-state index in [1.807, 2.05) is 12.1 Å². The molecule has 152 valence electrons. The van der Waals surface area contributed by atoms with Gasteiger partial charge in [-0.2, -0.15) is 0 Å². The van der Waals surface area contributed by atoms with Crippen LogP contribution in [0.5, 0.6) is 0 Å². The lowest BCUT2D eigenvalue weighted by molar-refractivity contribution is -0.153. The third-order valence-corrected chi connectivity index (χ3v) is 5.40. The summed E-state index contributed by atoms with van der Waals surface area (Å²) in [7, 11) is 2.97. The molecule has 1 heterocycles. The Bertz CT molecular complexity index is 738. The third kappa shape index (κ3) is 4.10. The van der Waals surface area contributed by atoms with Crippen molar-refractivity contribution in [3.8, 4) is 0 Å². The summed E-state index contributed by atoms with van der Waals surface area (Å²) in [6.07, 6.45) is 0.957. The molecule has 28 heavy (non-hydrogen) atoms. The molecule has 7 nitrogen and oxygen atoms in total. The van der Waals surface area contributed by atoms with Crippen LogP contribution >= 0.6 is 0 Å². The number of carbonyl (C=O) groups excluding carboxylic acids is 3. The number of benzene rings is 1. The zero-order valence-corrected chi connectivity index (χ0v) is 16.9. The molecule has 0 aromatic heterocycles. The first-order valence-electron chi connectivity index (χ1n) is 9.70. The molecule has 1 saturated carbocycles. The van der Waals surface area contributed by atoms with Crippen LogP contribution in [0.2, 0.25) is 0 Å². The van der Waals surface area contributed by atoms with Crippen LogP contribution in [0.1, 0.15) is 44.6 Å². The van der Waals surface area contributed by atoms with Gasteiger partial charge in [-0.15, -0.1) is 0 Å². The molecule has 7 heteroatoms. The van der Waals surface area contributed by atoms with Crippen LogP contribution in [0.4, 0.5) is 5.69 Å². The van der Waals surface area contributed by atoms with E-state index in [1.54, 1.807) is 12.1 Å². The Kier molecular flexibility index (Phi) is 6.15. The Morgan fingerprint density at radius 1 is 1.14 bits per heavy atom. The fourth-order valence-electron chi connectivity index (χ4n) is 3.48. The number of hydrogen-bond donors (Lipinski definition) is 0. The molecule has 3 rings (SSSR count). The highest BCUT2D eigenvalue weighted by atomic mass is 16.7. The van der Waals surface area contributed by atoms with Crippen molar-refractivity contribution in [2.75, 3.05) is 25.7 Å². The van der Waals surface area contributed by atoms with Crippen molar-refractivity contribution in [1.82, 2.24) is 4.90 Å². The lowest BCUT2D eigenvalue weighted by Gasteiger charge is -2.30. The maximum Gasteiger partial charge on any atom is 0.257 e. The smallest absolute Gasteiger partial charge is 0.257 e. The van der Waals surface area contributed by atoms with Gasteiger partial charge in [0.25, 0.3) is 5.91 Å². The minimum atomic E-state index is -0.821. The minimum absolute atomic E-state index is 0.0244. The molecule has 1 aromatic rings.